The summed E-state index contributed by atoms with van der Waals surface area (Å²) in [7, 11) is 0. The predicted octanol–water partition coefficient (Wildman–Crippen LogP) is 4.24. The number of hydrogen-bond donors (Lipinski definition) is 3. The van der Waals surface area contributed by atoms with Crippen molar-refractivity contribution in [2.24, 2.45) is 5.92 Å². The third-order valence-corrected chi connectivity index (χ3v) is 7.93. The Bertz CT molecular complexity index is 1090. The second-order valence-corrected chi connectivity index (χ2v) is 11.6. The molecule has 1 saturated heterocycles. The molecule has 0 spiro atoms. The monoisotopic (exact) mass is 499 g/mol. The van der Waals surface area contributed by atoms with Crippen molar-refractivity contribution in [2.45, 2.75) is 84.4 Å². The molecule has 1 aliphatic carbocycles. The number of pyridine rings is 1. The van der Waals surface area contributed by atoms with Gasteiger partial charge in [0.25, 0.3) is 11.8 Å². The van der Waals surface area contributed by atoms with Crippen LogP contribution in [0, 0.1) is 12.8 Å². The predicted molar refractivity (Wildman–Crippen MR) is 139 cm³/mol. The van der Waals surface area contributed by atoms with Crippen LogP contribution >= 0.6 is 11.3 Å². The molecule has 2 amide bonds. The summed E-state index contributed by atoms with van der Waals surface area (Å²) in [4.78, 5) is 38.0. The first kappa shape index (κ1) is 25.6. The van der Waals surface area contributed by atoms with E-state index in [9.17, 15) is 14.7 Å². The summed E-state index contributed by atoms with van der Waals surface area (Å²) in [6.07, 6.45) is 7.30. The molecule has 190 valence electrons. The summed E-state index contributed by atoms with van der Waals surface area (Å²) in [5, 5.41) is 16.5. The summed E-state index contributed by atoms with van der Waals surface area (Å²) in [6, 6.07) is 2.58. The van der Waals surface area contributed by atoms with Gasteiger partial charge in [0.2, 0.25) is 0 Å². The highest BCUT2D eigenvalue weighted by atomic mass is 32.1. The van der Waals surface area contributed by atoms with Crippen LogP contribution in [-0.2, 0) is 0 Å². The molecule has 35 heavy (non-hydrogen) atoms. The summed E-state index contributed by atoms with van der Waals surface area (Å²) < 4.78 is 0. The third kappa shape index (κ3) is 6.01. The first-order valence-electron chi connectivity index (χ1n) is 12.6. The number of anilines is 1. The smallest absolute Gasteiger partial charge is 0.280 e. The zero-order chi connectivity index (χ0) is 25.3. The topological polar surface area (TPSA) is 107 Å². The number of nitrogens with zero attached hydrogens (tertiary/aromatic N) is 3. The molecule has 2 atom stereocenters. The fraction of sp³-hybridized carbons (Fsp3) is 0.615. The molecule has 9 heteroatoms. The largest absolute Gasteiger partial charge is 0.389 e. The molecule has 4 rings (SSSR count). The molecule has 2 aliphatic rings. The number of aliphatic hydroxyl groups is 1. The second kappa shape index (κ2) is 10.2. The van der Waals surface area contributed by atoms with Crippen LogP contribution in [0.4, 0.5) is 5.82 Å². The van der Waals surface area contributed by atoms with Gasteiger partial charge in [-0.1, -0.05) is 6.92 Å². The lowest BCUT2D eigenvalue weighted by atomic mass is 10.1. The van der Waals surface area contributed by atoms with Gasteiger partial charge >= 0.3 is 0 Å². The van der Waals surface area contributed by atoms with Gasteiger partial charge in [-0.05, 0) is 77.3 Å². The van der Waals surface area contributed by atoms with E-state index in [1.165, 1.54) is 24.2 Å². The van der Waals surface area contributed by atoms with E-state index >= 15 is 0 Å². The van der Waals surface area contributed by atoms with Gasteiger partial charge < -0.3 is 20.6 Å². The van der Waals surface area contributed by atoms with Gasteiger partial charge in [-0.2, -0.15) is 0 Å². The third-order valence-electron chi connectivity index (χ3n) is 6.84. The molecule has 3 N–H and O–H groups in total. The van der Waals surface area contributed by atoms with Gasteiger partial charge in [-0.15, -0.1) is 11.3 Å². The van der Waals surface area contributed by atoms with E-state index in [0.717, 1.165) is 42.1 Å². The van der Waals surface area contributed by atoms with E-state index in [1.54, 1.807) is 20.0 Å². The maximum atomic E-state index is 13.5. The highest BCUT2D eigenvalue weighted by Crippen LogP contribution is 2.37. The molecule has 1 aliphatic heterocycles. The lowest BCUT2D eigenvalue weighted by molar-refractivity contribution is 0.0692. The Morgan fingerprint density at radius 1 is 1.31 bits per heavy atom. The van der Waals surface area contributed by atoms with E-state index in [0.29, 0.717) is 23.2 Å². The molecule has 1 saturated carbocycles. The number of rotatable bonds is 9. The summed E-state index contributed by atoms with van der Waals surface area (Å²) in [6.45, 7) is 10.3. The van der Waals surface area contributed by atoms with Crippen molar-refractivity contribution in [1.82, 2.24) is 20.2 Å². The Balaban J connectivity index is 1.65. The normalized spacial score (nSPS) is 19.0. The quantitative estimate of drug-likeness (QED) is 0.476. The van der Waals surface area contributed by atoms with Crippen LogP contribution in [0.3, 0.4) is 0 Å². The summed E-state index contributed by atoms with van der Waals surface area (Å²) >= 11 is 1.20. The number of carbonyl (C=O) groups is 2. The molecule has 0 aromatic carbocycles. The fourth-order valence-electron chi connectivity index (χ4n) is 4.60. The highest BCUT2D eigenvalue weighted by Gasteiger charge is 2.33. The summed E-state index contributed by atoms with van der Waals surface area (Å²) in [5.74, 6) is 1.01. The number of thiazole rings is 1. The molecule has 0 radical (unpaired) electrons. The molecule has 0 unspecified atom stereocenters. The van der Waals surface area contributed by atoms with Gasteiger partial charge in [0.15, 0.2) is 5.01 Å². The molecule has 3 heterocycles. The first-order valence-corrected chi connectivity index (χ1v) is 13.4. The zero-order valence-corrected chi connectivity index (χ0v) is 22.2. The minimum atomic E-state index is -1.04. The molecular weight excluding hydrogens is 462 g/mol. The van der Waals surface area contributed by atoms with Crippen LogP contribution in [0.25, 0.3) is 10.4 Å². The molecule has 2 aromatic rings. The Kier molecular flexibility index (Phi) is 7.47. The minimum Gasteiger partial charge on any atom is -0.389 e. The van der Waals surface area contributed by atoms with E-state index in [1.807, 2.05) is 24.8 Å². The number of hydrogen-bond acceptors (Lipinski definition) is 7. The number of amides is 2. The highest BCUT2D eigenvalue weighted by molar-refractivity contribution is 7.17. The maximum absolute atomic E-state index is 13.5. The van der Waals surface area contributed by atoms with Crippen molar-refractivity contribution in [3.05, 3.63) is 28.5 Å². The van der Waals surface area contributed by atoms with Crippen LogP contribution in [0.5, 0.6) is 0 Å². The van der Waals surface area contributed by atoms with Crippen molar-refractivity contribution in [2.75, 3.05) is 18.4 Å². The molecule has 2 aromatic heterocycles. The molecular formula is C26H37N5O3S. The van der Waals surface area contributed by atoms with Crippen molar-refractivity contribution in [1.29, 1.82) is 0 Å². The number of likely N-dealkylation sites (tertiary alicyclic amines) is 1. The van der Waals surface area contributed by atoms with Crippen molar-refractivity contribution < 1.29 is 14.7 Å². The van der Waals surface area contributed by atoms with Crippen LogP contribution in [0.2, 0.25) is 0 Å². The van der Waals surface area contributed by atoms with E-state index < -0.39 is 11.5 Å². The van der Waals surface area contributed by atoms with Crippen LogP contribution in [0.15, 0.2) is 12.3 Å². The summed E-state index contributed by atoms with van der Waals surface area (Å²) in [5.41, 5.74) is 1.04. The first-order chi connectivity index (χ1) is 16.6. The average Bonchev–Trinajstić information content (AvgIpc) is 3.40. The number of aryl methyl sites for hydroxylation is 1. The SMILES string of the molecule is CC[C@H](Nc1cc(C)c(-c2sc(C(=O)NCC(C)(C)O)nc2C(=O)N2CCC[C@@H]2C)cn1)C1CC1. The fourth-order valence-corrected chi connectivity index (χ4v) is 5.65. The number of nitrogens with one attached hydrogen (secondary N) is 2. The van der Waals surface area contributed by atoms with Gasteiger partial charge in [-0.3, -0.25) is 9.59 Å². The average molecular weight is 500 g/mol. The lowest BCUT2D eigenvalue weighted by Gasteiger charge is -2.21. The van der Waals surface area contributed by atoms with Crippen molar-refractivity contribution in [3.63, 3.8) is 0 Å². The van der Waals surface area contributed by atoms with Gasteiger partial charge in [0.1, 0.15) is 11.5 Å². The Morgan fingerprint density at radius 3 is 2.63 bits per heavy atom. The molecule has 2 fully saturated rings. The number of carbonyl (C=O) groups excluding carboxylic acids is 2. The lowest BCUT2D eigenvalue weighted by Crippen LogP contribution is -2.38. The van der Waals surface area contributed by atoms with Gasteiger partial charge in [0, 0.05) is 36.9 Å². The molecule has 8 nitrogen and oxygen atoms in total. The van der Waals surface area contributed by atoms with Crippen molar-refractivity contribution >= 4 is 29.0 Å². The minimum absolute atomic E-state index is 0.0910. The zero-order valence-electron chi connectivity index (χ0n) is 21.4. The number of aromatic nitrogens is 2. The standard InChI is InChI=1S/C26H37N5O3S/c1-6-19(17-9-10-17)29-20-12-15(2)18(13-27-20)22-21(25(33)31-11-7-8-16(31)3)30-24(35-22)23(32)28-14-26(4,5)34/h12-13,16-17,19,34H,6-11,14H2,1-5H3,(H,27,29)(H,28,32)/t16-,19-/m0/s1. The van der Waals surface area contributed by atoms with Crippen molar-refractivity contribution in [3.8, 4) is 10.4 Å². The van der Waals surface area contributed by atoms with Crippen LogP contribution in [-0.4, -0.2) is 62.6 Å². The van der Waals surface area contributed by atoms with E-state index in [4.69, 9.17) is 0 Å². The van der Waals surface area contributed by atoms with Crippen LogP contribution < -0.4 is 10.6 Å². The van der Waals surface area contributed by atoms with E-state index in [2.05, 4.69) is 27.5 Å². The second-order valence-electron chi connectivity index (χ2n) is 10.6. The van der Waals surface area contributed by atoms with E-state index in [-0.39, 0.29) is 23.5 Å². The molecule has 0 bridgehead atoms. The van der Waals surface area contributed by atoms with Crippen LogP contribution in [0.1, 0.15) is 85.7 Å². The Morgan fingerprint density at radius 2 is 2.06 bits per heavy atom. The Hall–Kier alpha value is -2.52. The Labute approximate surface area is 211 Å². The maximum Gasteiger partial charge on any atom is 0.280 e. The van der Waals surface area contributed by atoms with Gasteiger partial charge in [0.05, 0.1) is 10.5 Å². The van der Waals surface area contributed by atoms with Gasteiger partial charge in [-0.25, -0.2) is 9.97 Å².